The van der Waals surface area contributed by atoms with Gasteiger partial charge in [0.05, 0.1) is 5.56 Å². The average Bonchev–Trinajstić information content (AvgIpc) is 2.48. The first-order valence-corrected chi connectivity index (χ1v) is 6.77. The SMILES string of the molecule is CNc1nccc(C(=O)N2CCC(COC)CC2)c1F. The molecule has 1 aliphatic rings. The second kappa shape index (κ2) is 6.65. The van der Waals surface area contributed by atoms with E-state index in [1.54, 1.807) is 19.1 Å². The number of nitrogens with zero attached hydrogens (tertiary/aromatic N) is 2. The molecule has 1 aromatic heterocycles. The van der Waals surface area contributed by atoms with E-state index < -0.39 is 5.82 Å². The molecule has 1 N–H and O–H groups in total. The molecule has 0 saturated carbocycles. The third kappa shape index (κ3) is 3.07. The van der Waals surface area contributed by atoms with E-state index in [9.17, 15) is 9.18 Å². The van der Waals surface area contributed by atoms with Gasteiger partial charge in [-0.3, -0.25) is 4.79 Å². The van der Waals surface area contributed by atoms with Gasteiger partial charge < -0.3 is 15.0 Å². The second-order valence-corrected chi connectivity index (χ2v) is 4.96. The summed E-state index contributed by atoms with van der Waals surface area (Å²) in [5.41, 5.74) is 0.0783. The van der Waals surface area contributed by atoms with Crippen LogP contribution < -0.4 is 5.32 Å². The van der Waals surface area contributed by atoms with E-state index in [2.05, 4.69) is 10.3 Å². The summed E-state index contributed by atoms with van der Waals surface area (Å²) in [5.74, 6) is -0.263. The maximum atomic E-state index is 14.1. The van der Waals surface area contributed by atoms with Crippen LogP contribution in [0.4, 0.5) is 10.2 Å². The summed E-state index contributed by atoms with van der Waals surface area (Å²) in [7, 11) is 3.26. The van der Waals surface area contributed by atoms with Crippen LogP contribution in [0, 0.1) is 11.7 Å². The Morgan fingerprint density at radius 2 is 2.25 bits per heavy atom. The van der Waals surface area contributed by atoms with Gasteiger partial charge in [-0.25, -0.2) is 9.37 Å². The minimum absolute atomic E-state index is 0.0783. The van der Waals surface area contributed by atoms with Gasteiger partial charge in [-0.15, -0.1) is 0 Å². The Kier molecular flexibility index (Phi) is 4.89. The Bertz CT molecular complexity index is 473. The minimum atomic E-state index is -0.584. The summed E-state index contributed by atoms with van der Waals surface area (Å²) in [6.07, 6.45) is 3.23. The van der Waals surface area contributed by atoms with E-state index >= 15 is 0 Å². The van der Waals surface area contributed by atoms with Crippen LogP contribution in [0.3, 0.4) is 0 Å². The average molecular weight is 281 g/mol. The zero-order valence-electron chi connectivity index (χ0n) is 11.9. The van der Waals surface area contributed by atoms with E-state index in [0.717, 1.165) is 19.4 Å². The fraction of sp³-hybridized carbons (Fsp3) is 0.571. The van der Waals surface area contributed by atoms with Crippen molar-refractivity contribution in [2.75, 3.05) is 39.2 Å². The van der Waals surface area contributed by atoms with Gasteiger partial charge in [0.15, 0.2) is 11.6 Å². The third-order valence-electron chi connectivity index (χ3n) is 3.66. The topological polar surface area (TPSA) is 54.5 Å². The second-order valence-electron chi connectivity index (χ2n) is 4.96. The van der Waals surface area contributed by atoms with Crippen LogP contribution in [0.2, 0.25) is 0 Å². The first-order chi connectivity index (χ1) is 9.67. The molecular formula is C14H20FN3O2. The number of halogens is 1. The van der Waals surface area contributed by atoms with Gasteiger partial charge >= 0.3 is 0 Å². The molecule has 6 heteroatoms. The Balaban J connectivity index is 2.06. The lowest BCUT2D eigenvalue weighted by Crippen LogP contribution is -2.39. The van der Waals surface area contributed by atoms with Gasteiger partial charge in [-0.1, -0.05) is 0 Å². The molecule has 0 radical (unpaired) electrons. The van der Waals surface area contributed by atoms with Crippen LogP contribution >= 0.6 is 0 Å². The highest BCUT2D eigenvalue weighted by Gasteiger charge is 2.26. The predicted octanol–water partition coefficient (Wildman–Crippen LogP) is 1.76. The number of piperidine rings is 1. The Morgan fingerprint density at radius 1 is 1.55 bits per heavy atom. The molecule has 0 aliphatic carbocycles. The lowest BCUT2D eigenvalue weighted by Gasteiger charge is -2.31. The molecule has 2 rings (SSSR count). The van der Waals surface area contributed by atoms with E-state index in [1.165, 1.54) is 12.3 Å². The number of hydrogen-bond donors (Lipinski definition) is 1. The number of methoxy groups -OCH3 is 1. The van der Waals surface area contributed by atoms with Crippen molar-refractivity contribution in [3.05, 3.63) is 23.6 Å². The summed E-state index contributed by atoms with van der Waals surface area (Å²) in [5, 5.41) is 2.64. The van der Waals surface area contributed by atoms with Crippen molar-refractivity contribution < 1.29 is 13.9 Å². The summed E-state index contributed by atoms with van der Waals surface area (Å²) >= 11 is 0. The minimum Gasteiger partial charge on any atom is -0.384 e. The largest absolute Gasteiger partial charge is 0.384 e. The van der Waals surface area contributed by atoms with Gasteiger partial charge in [0, 0.05) is 40.1 Å². The smallest absolute Gasteiger partial charge is 0.257 e. The van der Waals surface area contributed by atoms with Gasteiger partial charge in [0.1, 0.15) is 0 Å². The van der Waals surface area contributed by atoms with Crippen LogP contribution in [-0.4, -0.2) is 49.6 Å². The molecule has 0 atom stereocenters. The molecule has 110 valence electrons. The fourth-order valence-corrected chi connectivity index (χ4v) is 2.49. The molecule has 0 aromatic carbocycles. The van der Waals surface area contributed by atoms with E-state index in [4.69, 9.17) is 4.74 Å². The quantitative estimate of drug-likeness (QED) is 0.913. The zero-order valence-corrected chi connectivity index (χ0v) is 11.9. The predicted molar refractivity (Wildman–Crippen MR) is 74.2 cm³/mol. The van der Waals surface area contributed by atoms with Gasteiger partial charge in [-0.05, 0) is 24.8 Å². The summed E-state index contributed by atoms with van der Waals surface area (Å²) < 4.78 is 19.2. The summed E-state index contributed by atoms with van der Waals surface area (Å²) in [4.78, 5) is 17.9. The van der Waals surface area contributed by atoms with E-state index in [1.807, 2.05) is 0 Å². The number of carbonyl (C=O) groups is 1. The number of ether oxygens (including phenoxy) is 1. The number of nitrogens with one attached hydrogen (secondary N) is 1. The van der Waals surface area contributed by atoms with Gasteiger partial charge in [0.2, 0.25) is 0 Å². The van der Waals surface area contributed by atoms with Crippen molar-refractivity contribution >= 4 is 11.7 Å². The number of likely N-dealkylation sites (tertiary alicyclic amines) is 1. The van der Waals surface area contributed by atoms with E-state index in [0.29, 0.717) is 19.0 Å². The molecular weight excluding hydrogens is 261 g/mol. The van der Waals surface area contributed by atoms with Crippen LogP contribution in [0.25, 0.3) is 0 Å². The normalized spacial score (nSPS) is 16.2. The molecule has 0 unspecified atom stereocenters. The van der Waals surface area contributed by atoms with Crippen molar-refractivity contribution in [3.63, 3.8) is 0 Å². The number of anilines is 1. The first kappa shape index (κ1) is 14.7. The molecule has 1 aliphatic heterocycles. The Hall–Kier alpha value is -1.69. The number of aromatic nitrogens is 1. The number of pyridine rings is 1. The number of hydrogen-bond acceptors (Lipinski definition) is 4. The molecule has 1 aromatic rings. The van der Waals surface area contributed by atoms with Crippen molar-refractivity contribution in [2.24, 2.45) is 5.92 Å². The first-order valence-electron chi connectivity index (χ1n) is 6.77. The molecule has 2 heterocycles. The maximum absolute atomic E-state index is 14.1. The van der Waals surface area contributed by atoms with Crippen LogP contribution in [0.5, 0.6) is 0 Å². The number of rotatable bonds is 4. The summed E-state index contributed by atoms with van der Waals surface area (Å²) in [6.45, 7) is 2.00. The van der Waals surface area contributed by atoms with Crippen LogP contribution in [0.15, 0.2) is 12.3 Å². The van der Waals surface area contributed by atoms with Gasteiger partial charge in [-0.2, -0.15) is 0 Å². The Labute approximate surface area is 118 Å². The van der Waals surface area contributed by atoms with Crippen molar-refractivity contribution in [1.82, 2.24) is 9.88 Å². The van der Waals surface area contributed by atoms with Crippen molar-refractivity contribution in [2.45, 2.75) is 12.8 Å². The van der Waals surface area contributed by atoms with Crippen molar-refractivity contribution in [3.8, 4) is 0 Å². The lowest BCUT2D eigenvalue weighted by molar-refractivity contribution is 0.0609. The fourth-order valence-electron chi connectivity index (χ4n) is 2.49. The molecule has 0 spiro atoms. The lowest BCUT2D eigenvalue weighted by atomic mass is 9.97. The van der Waals surface area contributed by atoms with Crippen LogP contribution in [0.1, 0.15) is 23.2 Å². The third-order valence-corrected chi connectivity index (χ3v) is 3.66. The molecule has 1 saturated heterocycles. The van der Waals surface area contributed by atoms with Crippen molar-refractivity contribution in [1.29, 1.82) is 0 Å². The monoisotopic (exact) mass is 281 g/mol. The molecule has 5 nitrogen and oxygen atoms in total. The summed E-state index contributed by atoms with van der Waals surface area (Å²) in [6, 6.07) is 1.43. The van der Waals surface area contributed by atoms with Crippen LogP contribution in [-0.2, 0) is 4.74 Å². The van der Waals surface area contributed by atoms with E-state index in [-0.39, 0.29) is 17.3 Å². The highest BCUT2D eigenvalue weighted by Crippen LogP contribution is 2.21. The highest BCUT2D eigenvalue weighted by molar-refractivity contribution is 5.95. The Morgan fingerprint density at radius 3 is 2.85 bits per heavy atom. The molecule has 0 bridgehead atoms. The highest BCUT2D eigenvalue weighted by atomic mass is 19.1. The maximum Gasteiger partial charge on any atom is 0.257 e. The standard InChI is InChI=1S/C14H20FN3O2/c1-16-13-12(15)11(3-6-17-13)14(19)18-7-4-10(5-8-18)9-20-2/h3,6,10H,4-5,7-9H2,1-2H3,(H,16,17). The molecule has 1 amide bonds. The number of carbonyl (C=O) groups excluding carboxylic acids is 1. The molecule has 1 fully saturated rings. The van der Waals surface area contributed by atoms with Gasteiger partial charge in [0.25, 0.3) is 5.91 Å². The zero-order chi connectivity index (χ0) is 14.5. The molecule has 20 heavy (non-hydrogen) atoms. The number of amides is 1.